The van der Waals surface area contributed by atoms with E-state index < -0.39 is 0 Å². The third-order valence-electron chi connectivity index (χ3n) is 2.96. The summed E-state index contributed by atoms with van der Waals surface area (Å²) < 4.78 is 16.2. The molecule has 0 saturated carbocycles. The summed E-state index contributed by atoms with van der Waals surface area (Å²) in [6.07, 6.45) is 3.39. The average molecular weight is 330 g/mol. The number of aromatic nitrogens is 4. The lowest BCUT2D eigenvalue weighted by Gasteiger charge is -2.07. The van der Waals surface area contributed by atoms with Gasteiger partial charge in [-0.05, 0) is 24.3 Å². The standard InChI is InChI=1S/C15H14N4O3S/c1-20-11-5-4-10(8-12(11)21-2)14-19-18-13(22-14)9-23-15-16-6-3-7-17-15/h3-8H,9H2,1-2H3. The van der Waals surface area contributed by atoms with Gasteiger partial charge >= 0.3 is 0 Å². The minimum Gasteiger partial charge on any atom is -0.493 e. The Kier molecular flexibility index (Phi) is 4.72. The largest absolute Gasteiger partial charge is 0.493 e. The van der Waals surface area contributed by atoms with Gasteiger partial charge in [0.25, 0.3) is 0 Å². The van der Waals surface area contributed by atoms with E-state index >= 15 is 0 Å². The van der Waals surface area contributed by atoms with Crippen LogP contribution in [0.3, 0.4) is 0 Å². The molecule has 2 aromatic heterocycles. The zero-order valence-corrected chi connectivity index (χ0v) is 13.4. The van der Waals surface area contributed by atoms with Crippen molar-refractivity contribution in [1.29, 1.82) is 0 Å². The molecule has 2 heterocycles. The molecule has 0 saturated heterocycles. The minimum absolute atomic E-state index is 0.426. The van der Waals surface area contributed by atoms with Crippen molar-refractivity contribution in [3.63, 3.8) is 0 Å². The Hall–Kier alpha value is -2.61. The fourth-order valence-electron chi connectivity index (χ4n) is 1.88. The molecule has 7 nitrogen and oxygen atoms in total. The van der Waals surface area contributed by atoms with E-state index in [1.165, 1.54) is 11.8 Å². The van der Waals surface area contributed by atoms with E-state index in [2.05, 4.69) is 20.2 Å². The lowest BCUT2D eigenvalue weighted by molar-refractivity contribution is 0.355. The molecule has 0 N–H and O–H groups in total. The van der Waals surface area contributed by atoms with Gasteiger partial charge in [-0.15, -0.1) is 10.2 Å². The number of ether oxygens (including phenoxy) is 2. The van der Waals surface area contributed by atoms with E-state index in [0.717, 1.165) is 5.56 Å². The average Bonchev–Trinajstić information content (AvgIpc) is 3.09. The molecular formula is C15H14N4O3S. The number of rotatable bonds is 6. The molecule has 23 heavy (non-hydrogen) atoms. The first-order valence-electron chi connectivity index (χ1n) is 6.74. The number of benzene rings is 1. The van der Waals surface area contributed by atoms with Gasteiger partial charge < -0.3 is 13.9 Å². The van der Waals surface area contributed by atoms with Crippen molar-refractivity contribution in [2.24, 2.45) is 0 Å². The van der Waals surface area contributed by atoms with Gasteiger partial charge in [0.2, 0.25) is 11.8 Å². The van der Waals surface area contributed by atoms with Crippen LogP contribution in [0.5, 0.6) is 11.5 Å². The summed E-state index contributed by atoms with van der Waals surface area (Å²) in [7, 11) is 3.17. The van der Waals surface area contributed by atoms with Crippen LogP contribution < -0.4 is 9.47 Å². The number of nitrogens with zero attached hydrogens (tertiary/aromatic N) is 4. The molecule has 0 spiro atoms. The summed E-state index contributed by atoms with van der Waals surface area (Å²) in [6.45, 7) is 0. The highest BCUT2D eigenvalue weighted by atomic mass is 32.2. The molecule has 0 atom stereocenters. The van der Waals surface area contributed by atoms with Crippen molar-refractivity contribution in [3.8, 4) is 23.0 Å². The Bertz CT molecular complexity index is 779. The maximum Gasteiger partial charge on any atom is 0.247 e. The van der Waals surface area contributed by atoms with Gasteiger partial charge in [-0.2, -0.15) is 0 Å². The Balaban J connectivity index is 1.74. The maximum atomic E-state index is 5.67. The highest BCUT2D eigenvalue weighted by Crippen LogP contribution is 2.32. The Labute approximate surface area is 137 Å². The second-order valence-electron chi connectivity index (χ2n) is 4.39. The monoisotopic (exact) mass is 330 g/mol. The summed E-state index contributed by atoms with van der Waals surface area (Å²) >= 11 is 1.43. The number of methoxy groups -OCH3 is 2. The first-order valence-corrected chi connectivity index (χ1v) is 7.73. The Morgan fingerprint density at radius 2 is 1.83 bits per heavy atom. The van der Waals surface area contributed by atoms with Gasteiger partial charge in [-0.1, -0.05) is 11.8 Å². The molecule has 0 radical (unpaired) electrons. The molecular weight excluding hydrogens is 316 g/mol. The Morgan fingerprint density at radius 1 is 1.04 bits per heavy atom. The fourth-order valence-corrected chi connectivity index (χ4v) is 2.52. The molecule has 0 aliphatic heterocycles. The first-order chi connectivity index (χ1) is 11.3. The van der Waals surface area contributed by atoms with Crippen molar-refractivity contribution in [3.05, 3.63) is 42.5 Å². The molecule has 118 valence electrons. The number of hydrogen-bond donors (Lipinski definition) is 0. The zero-order valence-electron chi connectivity index (χ0n) is 12.6. The Morgan fingerprint density at radius 3 is 2.57 bits per heavy atom. The van der Waals surface area contributed by atoms with E-state index in [0.29, 0.717) is 34.2 Å². The van der Waals surface area contributed by atoms with Crippen LogP contribution in [0.2, 0.25) is 0 Å². The molecule has 3 aromatic rings. The molecule has 0 aliphatic carbocycles. The van der Waals surface area contributed by atoms with Crippen LogP contribution in [0.4, 0.5) is 0 Å². The molecule has 0 bridgehead atoms. The van der Waals surface area contributed by atoms with Crippen molar-refractivity contribution in [1.82, 2.24) is 20.2 Å². The first kappa shape index (κ1) is 15.3. The second-order valence-corrected chi connectivity index (χ2v) is 5.33. The fraction of sp³-hybridized carbons (Fsp3) is 0.200. The van der Waals surface area contributed by atoms with Crippen LogP contribution in [0.1, 0.15) is 5.89 Å². The predicted molar refractivity (Wildman–Crippen MR) is 84.4 cm³/mol. The summed E-state index contributed by atoms with van der Waals surface area (Å²) in [5.41, 5.74) is 0.766. The number of thioether (sulfide) groups is 1. The summed E-state index contributed by atoms with van der Waals surface area (Å²) in [5, 5.41) is 8.77. The van der Waals surface area contributed by atoms with E-state index in [1.807, 2.05) is 6.07 Å². The summed E-state index contributed by atoms with van der Waals surface area (Å²) in [6, 6.07) is 7.20. The van der Waals surface area contributed by atoms with E-state index in [1.54, 1.807) is 44.8 Å². The maximum absolute atomic E-state index is 5.67. The van der Waals surface area contributed by atoms with Crippen LogP contribution in [0.25, 0.3) is 11.5 Å². The molecule has 3 rings (SSSR count). The quantitative estimate of drug-likeness (QED) is 0.504. The van der Waals surface area contributed by atoms with Gasteiger partial charge in [0.05, 0.1) is 20.0 Å². The highest BCUT2D eigenvalue weighted by Gasteiger charge is 2.12. The van der Waals surface area contributed by atoms with Gasteiger partial charge in [-0.25, -0.2) is 9.97 Å². The SMILES string of the molecule is COc1ccc(-c2nnc(CSc3ncccn3)o2)cc1OC. The van der Waals surface area contributed by atoms with Crippen LogP contribution >= 0.6 is 11.8 Å². The number of hydrogen-bond acceptors (Lipinski definition) is 8. The van der Waals surface area contributed by atoms with Crippen LogP contribution in [-0.4, -0.2) is 34.4 Å². The van der Waals surface area contributed by atoms with Gasteiger partial charge in [-0.3, -0.25) is 0 Å². The highest BCUT2D eigenvalue weighted by molar-refractivity contribution is 7.98. The normalized spacial score (nSPS) is 10.5. The van der Waals surface area contributed by atoms with Crippen molar-refractivity contribution < 1.29 is 13.9 Å². The molecule has 0 unspecified atom stereocenters. The topological polar surface area (TPSA) is 83.2 Å². The summed E-state index contributed by atoms with van der Waals surface area (Å²) in [5.74, 6) is 2.69. The molecule has 8 heteroatoms. The van der Waals surface area contributed by atoms with Gasteiger partial charge in [0.15, 0.2) is 16.7 Å². The third-order valence-corrected chi connectivity index (χ3v) is 3.82. The summed E-state index contributed by atoms with van der Waals surface area (Å²) in [4.78, 5) is 8.26. The van der Waals surface area contributed by atoms with Crippen molar-refractivity contribution >= 4 is 11.8 Å². The van der Waals surface area contributed by atoms with Crippen LogP contribution in [-0.2, 0) is 5.75 Å². The van der Waals surface area contributed by atoms with Crippen molar-refractivity contribution in [2.45, 2.75) is 10.9 Å². The molecule has 0 amide bonds. The lowest BCUT2D eigenvalue weighted by atomic mass is 10.2. The smallest absolute Gasteiger partial charge is 0.247 e. The molecule has 0 fully saturated rings. The van der Waals surface area contributed by atoms with E-state index in [4.69, 9.17) is 13.9 Å². The van der Waals surface area contributed by atoms with Gasteiger partial charge in [0.1, 0.15) is 0 Å². The second kappa shape index (κ2) is 7.10. The lowest BCUT2D eigenvalue weighted by Crippen LogP contribution is -1.90. The molecule has 0 aliphatic rings. The van der Waals surface area contributed by atoms with Gasteiger partial charge in [0, 0.05) is 18.0 Å². The molecule has 1 aromatic carbocycles. The van der Waals surface area contributed by atoms with Crippen LogP contribution in [0, 0.1) is 0 Å². The third kappa shape index (κ3) is 3.59. The zero-order chi connectivity index (χ0) is 16.1. The predicted octanol–water partition coefficient (Wildman–Crippen LogP) is 2.84. The minimum atomic E-state index is 0.426. The van der Waals surface area contributed by atoms with Crippen molar-refractivity contribution in [2.75, 3.05) is 14.2 Å². The van der Waals surface area contributed by atoms with Crippen LogP contribution in [0.15, 0.2) is 46.2 Å². The van der Waals surface area contributed by atoms with E-state index in [-0.39, 0.29) is 0 Å². The van der Waals surface area contributed by atoms with E-state index in [9.17, 15) is 0 Å².